The SMILES string of the molecule is COc1ccccc1NC1CCC(O)CC1. The normalized spacial score (nSPS) is 25.1. The molecular weight excluding hydrogens is 202 g/mol. The van der Waals surface area contributed by atoms with Crippen LogP contribution in [0.25, 0.3) is 0 Å². The van der Waals surface area contributed by atoms with E-state index in [1.54, 1.807) is 7.11 Å². The van der Waals surface area contributed by atoms with E-state index in [1.807, 2.05) is 24.3 Å². The van der Waals surface area contributed by atoms with Crippen molar-refractivity contribution >= 4 is 5.69 Å². The number of ether oxygens (including phenoxy) is 1. The minimum atomic E-state index is -0.101. The molecular formula is C13H19NO2. The smallest absolute Gasteiger partial charge is 0.141 e. The zero-order valence-corrected chi connectivity index (χ0v) is 9.65. The second-order valence-corrected chi connectivity index (χ2v) is 4.35. The van der Waals surface area contributed by atoms with Gasteiger partial charge in [0.15, 0.2) is 0 Å². The zero-order valence-electron chi connectivity index (χ0n) is 9.65. The molecule has 0 atom stereocenters. The molecule has 2 rings (SSSR count). The topological polar surface area (TPSA) is 41.5 Å². The van der Waals surface area contributed by atoms with Crippen molar-refractivity contribution in [2.24, 2.45) is 0 Å². The van der Waals surface area contributed by atoms with E-state index in [9.17, 15) is 5.11 Å². The van der Waals surface area contributed by atoms with Crippen LogP contribution in [-0.2, 0) is 0 Å². The minimum absolute atomic E-state index is 0.101. The van der Waals surface area contributed by atoms with Gasteiger partial charge in [0.05, 0.1) is 18.9 Å². The molecule has 1 aromatic carbocycles. The minimum Gasteiger partial charge on any atom is -0.495 e. The first kappa shape index (κ1) is 11.3. The molecule has 0 unspecified atom stereocenters. The average molecular weight is 221 g/mol. The maximum atomic E-state index is 9.44. The van der Waals surface area contributed by atoms with Gasteiger partial charge in [0.2, 0.25) is 0 Å². The Hall–Kier alpha value is -1.22. The van der Waals surface area contributed by atoms with Crippen LogP contribution in [0.4, 0.5) is 5.69 Å². The quantitative estimate of drug-likeness (QED) is 0.823. The molecule has 0 spiro atoms. The molecule has 16 heavy (non-hydrogen) atoms. The molecule has 1 aliphatic carbocycles. The Balaban J connectivity index is 1.98. The lowest BCUT2D eigenvalue weighted by molar-refractivity contribution is 0.126. The number of benzene rings is 1. The number of hydrogen-bond donors (Lipinski definition) is 2. The Morgan fingerprint density at radius 3 is 2.56 bits per heavy atom. The van der Waals surface area contributed by atoms with Gasteiger partial charge in [-0.3, -0.25) is 0 Å². The van der Waals surface area contributed by atoms with Gasteiger partial charge >= 0.3 is 0 Å². The van der Waals surface area contributed by atoms with E-state index < -0.39 is 0 Å². The molecule has 3 heteroatoms. The van der Waals surface area contributed by atoms with Gasteiger partial charge in [-0.25, -0.2) is 0 Å². The van der Waals surface area contributed by atoms with E-state index >= 15 is 0 Å². The van der Waals surface area contributed by atoms with E-state index in [-0.39, 0.29) is 6.10 Å². The van der Waals surface area contributed by atoms with Crippen LogP contribution in [0.1, 0.15) is 25.7 Å². The molecule has 1 aromatic rings. The Bertz CT molecular complexity index is 332. The summed E-state index contributed by atoms with van der Waals surface area (Å²) < 4.78 is 5.30. The molecule has 2 N–H and O–H groups in total. The predicted molar refractivity (Wildman–Crippen MR) is 64.9 cm³/mol. The lowest BCUT2D eigenvalue weighted by atomic mass is 9.93. The van der Waals surface area contributed by atoms with Gasteiger partial charge in [-0.05, 0) is 37.8 Å². The molecule has 0 amide bonds. The first-order valence-corrected chi connectivity index (χ1v) is 5.87. The van der Waals surface area contributed by atoms with Crippen LogP contribution in [0.15, 0.2) is 24.3 Å². The van der Waals surface area contributed by atoms with Crippen LogP contribution in [-0.4, -0.2) is 24.4 Å². The third kappa shape index (κ3) is 2.67. The maximum Gasteiger partial charge on any atom is 0.141 e. The Labute approximate surface area is 96.4 Å². The first-order valence-electron chi connectivity index (χ1n) is 5.87. The highest BCUT2D eigenvalue weighted by Gasteiger charge is 2.19. The van der Waals surface area contributed by atoms with Crippen molar-refractivity contribution in [3.05, 3.63) is 24.3 Å². The lowest BCUT2D eigenvalue weighted by Crippen LogP contribution is -2.28. The van der Waals surface area contributed by atoms with E-state index in [2.05, 4.69) is 5.32 Å². The summed E-state index contributed by atoms with van der Waals surface area (Å²) in [5.41, 5.74) is 1.05. The average Bonchev–Trinajstić information content (AvgIpc) is 2.33. The van der Waals surface area contributed by atoms with Crippen molar-refractivity contribution in [2.75, 3.05) is 12.4 Å². The number of nitrogens with one attached hydrogen (secondary N) is 1. The molecule has 0 aliphatic heterocycles. The molecule has 0 bridgehead atoms. The van der Waals surface area contributed by atoms with Crippen LogP contribution in [0, 0.1) is 0 Å². The predicted octanol–water partition coefficient (Wildman–Crippen LogP) is 2.41. The van der Waals surface area contributed by atoms with Gasteiger partial charge in [-0.2, -0.15) is 0 Å². The highest BCUT2D eigenvalue weighted by atomic mass is 16.5. The lowest BCUT2D eigenvalue weighted by Gasteiger charge is -2.27. The van der Waals surface area contributed by atoms with Crippen molar-refractivity contribution in [3.63, 3.8) is 0 Å². The van der Waals surface area contributed by atoms with Gasteiger partial charge in [-0.1, -0.05) is 12.1 Å². The van der Waals surface area contributed by atoms with Crippen molar-refractivity contribution in [2.45, 2.75) is 37.8 Å². The van der Waals surface area contributed by atoms with Gasteiger partial charge in [-0.15, -0.1) is 0 Å². The number of aliphatic hydroxyl groups is 1. The summed E-state index contributed by atoms with van der Waals surface area (Å²) in [4.78, 5) is 0. The fourth-order valence-corrected chi connectivity index (χ4v) is 2.20. The number of hydrogen-bond acceptors (Lipinski definition) is 3. The standard InChI is InChI=1S/C13H19NO2/c1-16-13-5-3-2-4-12(13)14-10-6-8-11(15)9-7-10/h2-5,10-11,14-15H,6-9H2,1H3. The van der Waals surface area contributed by atoms with Gasteiger partial charge in [0.1, 0.15) is 5.75 Å². The number of aliphatic hydroxyl groups excluding tert-OH is 1. The summed E-state index contributed by atoms with van der Waals surface area (Å²) in [5.74, 6) is 0.883. The maximum absolute atomic E-state index is 9.44. The van der Waals surface area contributed by atoms with E-state index in [0.717, 1.165) is 37.1 Å². The van der Waals surface area contributed by atoms with Crippen LogP contribution >= 0.6 is 0 Å². The monoisotopic (exact) mass is 221 g/mol. The molecule has 0 saturated heterocycles. The summed E-state index contributed by atoms with van der Waals surface area (Å²) in [6.07, 6.45) is 3.74. The van der Waals surface area contributed by atoms with Crippen LogP contribution in [0.2, 0.25) is 0 Å². The van der Waals surface area contributed by atoms with Gasteiger partial charge in [0, 0.05) is 6.04 Å². The molecule has 1 saturated carbocycles. The number of methoxy groups -OCH3 is 1. The van der Waals surface area contributed by atoms with E-state index in [0.29, 0.717) is 6.04 Å². The van der Waals surface area contributed by atoms with Crippen LogP contribution < -0.4 is 10.1 Å². The van der Waals surface area contributed by atoms with Gasteiger partial charge < -0.3 is 15.2 Å². The third-order valence-electron chi connectivity index (χ3n) is 3.16. The van der Waals surface area contributed by atoms with Crippen LogP contribution in [0.5, 0.6) is 5.75 Å². The van der Waals surface area contributed by atoms with Crippen molar-refractivity contribution < 1.29 is 9.84 Å². The summed E-state index contributed by atoms with van der Waals surface area (Å²) in [5, 5.41) is 12.9. The van der Waals surface area contributed by atoms with Crippen molar-refractivity contribution in [3.8, 4) is 5.75 Å². The molecule has 88 valence electrons. The largest absolute Gasteiger partial charge is 0.495 e. The van der Waals surface area contributed by atoms with Gasteiger partial charge in [0.25, 0.3) is 0 Å². The number of anilines is 1. The molecule has 1 fully saturated rings. The second-order valence-electron chi connectivity index (χ2n) is 4.35. The Morgan fingerprint density at radius 2 is 1.88 bits per heavy atom. The fraction of sp³-hybridized carbons (Fsp3) is 0.538. The molecule has 3 nitrogen and oxygen atoms in total. The highest BCUT2D eigenvalue weighted by molar-refractivity contribution is 5.56. The van der Waals surface area contributed by atoms with Crippen molar-refractivity contribution in [1.82, 2.24) is 0 Å². The molecule has 0 aromatic heterocycles. The third-order valence-corrected chi connectivity index (χ3v) is 3.16. The zero-order chi connectivity index (χ0) is 11.4. The summed E-state index contributed by atoms with van der Waals surface area (Å²) in [7, 11) is 1.69. The Morgan fingerprint density at radius 1 is 1.19 bits per heavy atom. The summed E-state index contributed by atoms with van der Waals surface area (Å²) >= 11 is 0. The molecule has 0 radical (unpaired) electrons. The summed E-state index contributed by atoms with van der Waals surface area (Å²) in [6.45, 7) is 0. The molecule has 1 aliphatic rings. The van der Waals surface area contributed by atoms with E-state index in [1.165, 1.54) is 0 Å². The van der Waals surface area contributed by atoms with Crippen molar-refractivity contribution in [1.29, 1.82) is 0 Å². The Kier molecular flexibility index (Phi) is 3.67. The molecule has 0 heterocycles. The number of rotatable bonds is 3. The van der Waals surface area contributed by atoms with Crippen LogP contribution in [0.3, 0.4) is 0 Å². The number of para-hydroxylation sites is 2. The first-order chi connectivity index (χ1) is 7.79. The highest BCUT2D eigenvalue weighted by Crippen LogP contribution is 2.27. The fourth-order valence-electron chi connectivity index (χ4n) is 2.20. The summed E-state index contributed by atoms with van der Waals surface area (Å²) in [6, 6.07) is 8.42. The second kappa shape index (κ2) is 5.21. The van der Waals surface area contributed by atoms with E-state index in [4.69, 9.17) is 4.74 Å².